The first kappa shape index (κ1) is 14.3. The van der Waals surface area contributed by atoms with Crippen molar-refractivity contribution in [2.75, 3.05) is 17.7 Å². The highest BCUT2D eigenvalue weighted by Gasteiger charge is 2.09. The largest absolute Gasteiger partial charge is 0.373 e. The molecule has 2 aromatic rings. The molecular formula is C16H22N4. The van der Waals surface area contributed by atoms with Crippen molar-refractivity contribution in [2.24, 2.45) is 0 Å². The Morgan fingerprint density at radius 2 is 1.65 bits per heavy atom. The van der Waals surface area contributed by atoms with E-state index in [9.17, 15) is 0 Å². The van der Waals surface area contributed by atoms with Crippen LogP contribution in [-0.4, -0.2) is 23.1 Å². The highest BCUT2D eigenvalue weighted by atomic mass is 15.1. The minimum atomic E-state index is 0.443. The van der Waals surface area contributed by atoms with Crippen LogP contribution in [0.3, 0.4) is 0 Å². The zero-order valence-electron chi connectivity index (χ0n) is 12.4. The van der Waals surface area contributed by atoms with Gasteiger partial charge >= 0.3 is 0 Å². The number of aromatic nitrogens is 2. The van der Waals surface area contributed by atoms with E-state index < -0.39 is 0 Å². The quantitative estimate of drug-likeness (QED) is 0.838. The van der Waals surface area contributed by atoms with Crippen LogP contribution in [-0.2, 0) is 0 Å². The summed E-state index contributed by atoms with van der Waals surface area (Å²) >= 11 is 0. The highest BCUT2D eigenvalue weighted by molar-refractivity contribution is 5.61. The third kappa shape index (κ3) is 3.47. The number of benzene rings is 1. The Balaban J connectivity index is 2.34. The lowest BCUT2D eigenvalue weighted by Gasteiger charge is -2.16. The predicted octanol–water partition coefficient (Wildman–Crippen LogP) is 3.79. The molecule has 20 heavy (non-hydrogen) atoms. The first-order chi connectivity index (χ1) is 9.76. The van der Waals surface area contributed by atoms with E-state index in [0.717, 1.165) is 35.9 Å². The van der Waals surface area contributed by atoms with Crippen LogP contribution in [0, 0.1) is 0 Å². The van der Waals surface area contributed by atoms with Gasteiger partial charge in [0.25, 0.3) is 0 Å². The van der Waals surface area contributed by atoms with Gasteiger partial charge in [-0.3, -0.25) is 0 Å². The lowest BCUT2D eigenvalue weighted by molar-refractivity contribution is 0.668. The zero-order valence-corrected chi connectivity index (χ0v) is 12.4. The standard InChI is InChI=1S/C16H22N4/c1-4-13(5-2)18-15-11-14(17-3)19-16(20-15)12-9-7-6-8-10-12/h6-11,13H,4-5H2,1-3H3,(H2,17,18,19,20). The van der Waals surface area contributed by atoms with Gasteiger partial charge in [-0.2, -0.15) is 0 Å². The number of nitrogens with one attached hydrogen (secondary N) is 2. The third-order valence-electron chi connectivity index (χ3n) is 3.35. The highest BCUT2D eigenvalue weighted by Crippen LogP contribution is 2.20. The normalized spacial score (nSPS) is 10.6. The first-order valence-electron chi connectivity index (χ1n) is 7.15. The van der Waals surface area contributed by atoms with E-state index in [1.54, 1.807) is 0 Å². The molecule has 4 heteroatoms. The SMILES string of the molecule is CCC(CC)Nc1cc(NC)nc(-c2ccccc2)n1. The van der Waals surface area contributed by atoms with Gasteiger partial charge in [0.1, 0.15) is 11.6 Å². The van der Waals surface area contributed by atoms with Crippen LogP contribution in [0.5, 0.6) is 0 Å². The van der Waals surface area contributed by atoms with Crippen LogP contribution < -0.4 is 10.6 Å². The number of anilines is 2. The second-order valence-corrected chi connectivity index (χ2v) is 4.74. The maximum absolute atomic E-state index is 4.63. The average molecular weight is 270 g/mol. The summed E-state index contributed by atoms with van der Waals surface area (Å²) in [6, 6.07) is 12.4. The summed E-state index contributed by atoms with van der Waals surface area (Å²) in [6.07, 6.45) is 2.16. The predicted molar refractivity (Wildman–Crippen MR) is 85.0 cm³/mol. The van der Waals surface area contributed by atoms with E-state index in [1.165, 1.54) is 0 Å². The van der Waals surface area contributed by atoms with Crippen molar-refractivity contribution in [3.8, 4) is 11.4 Å². The van der Waals surface area contributed by atoms with Crippen molar-refractivity contribution < 1.29 is 0 Å². The van der Waals surface area contributed by atoms with Gasteiger partial charge in [-0.05, 0) is 12.8 Å². The second-order valence-electron chi connectivity index (χ2n) is 4.74. The molecule has 1 aromatic heterocycles. The molecule has 106 valence electrons. The van der Waals surface area contributed by atoms with Crippen molar-refractivity contribution >= 4 is 11.6 Å². The van der Waals surface area contributed by atoms with Crippen molar-refractivity contribution in [1.82, 2.24) is 9.97 Å². The number of nitrogens with zero attached hydrogens (tertiary/aromatic N) is 2. The van der Waals surface area contributed by atoms with Gasteiger partial charge in [-0.25, -0.2) is 9.97 Å². The molecule has 0 amide bonds. The van der Waals surface area contributed by atoms with Crippen molar-refractivity contribution in [2.45, 2.75) is 32.7 Å². The van der Waals surface area contributed by atoms with Gasteiger partial charge < -0.3 is 10.6 Å². The van der Waals surface area contributed by atoms with Crippen LogP contribution in [0.1, 0.15) is 26.7 Å². The Bertz CT molecular complexity index is 535. The molecule has 0 aliphatic carbocycles. The molecule has 0 fully saturated rings. The summed E-state index contributed by atoms with van der Waals surface area (Å²) in [5.41, 5.74) is 1.03. The zero-order chi connectivity index (χ0) is 14.4. The Morgan fingerprint density at radius 1 is 1.00 bits per heavy atom. The van der Waals surface area contributed by atoms with Gasteiger partial charge in [-0.15, -0.1) is 0 Å². The Labute approximate surface area is 120 Å². The molecule has 0 aliphatic rings. The second kappa shape index (κ2) is 6.89. The molecule has 1 heterocycles. The van der Waals surface area contributed by atoms with Gasteiger partial charge in [0, 0.05) is 24.7 Å². The number of hydrogen-bond donors (Lipinski definition) is 2. The van der Waals surface area contributed by atoms with Crippen molar-refractivity contribution in [1.29, 1.82) is 0 Å². The van der Waals surface area contributed by atoms with Crippen LogP contribution in [0.2, 0.25) is 0 Å². The number of hydrogen-bond acceptors (Lipinski definition) is 4. The smallest absolute Gasteiger partial charge is 0.163 e. The van der Waals surface area contributed by atoms with Crippen LogP contribution in [0.4, 0.5) is 11.6 Å². The summed E-state index contributed by atoms with van der Waals surface area (Å²) in [5.74, 6) is 2.44. The van der Waals surface area contributed by atoms with Crippen LogP contribution in [0.25, 0.3) is 11.4 Å². The minimum absolute atomic E-state index is 0.443. The minimum Gasteiger partial charge on any atom is -0.373 e. The molecule has 0 bridgehead atoms. The molecule has 2 rings (SSSR count). The molecule has 0 radical (unpaired) electrons. The van der Waals surface area contributed by atoms with E-state index in [4.69, 9.17) is 0 Å². The summed E-state index contributed by atoms with van der Waals surface area (Å²) in [5, 5.41) is 6.57. The Morgan fingerprint density at radius 3 is 2.25 bits per heavy atom. The average Bonchev–Trinajstić information content (AvgIpc) is 2.53. The van der Waals surface area contributed by atoms with E-state index >= 15 is 0 Å². The van der Waals surface area contributed by atoms with Crippen LogP contribution in [0.15, 0.2) is 36.4 Å². The lowest BCUT2D eigenvalue weighted by Crippen LogP contribution is -2.18. The van der Waals surface area contributed by atoms with Crippen LogP contribution >= 0.6 is 0 Å². The summed E-state index contributed by atoms with van der Waals surface area (Å²) in [7, 11) is 1.87. The topological polar surface area (TPSA) is 49.8 Å². The molecule has 0 saturated carbocycles. The lowest BCUT2D eigenvalue weighted by atomic mass is 10.2. The monoisotopic (exact) mass is 270 g/mol. The fraction of sp³-hybridized carbons (Fsp3) is 0.375. The molecular weight excluding hydrogens is 248 g/mol. The van der Waals surface area contributed by atoms with Gasteiger partial charge in [0.2, 0.25) is 0 Å². The Kier molecular flexibility index (Phi) is 4.93. The maximum Gasteiger partial charge on any atom is 0.163 e. The molecule has 0 atom stereocenters. The molecule has 0 aliphatic heterocycles. The molecule has 0 unspecified atom stereocenters. The fourth-order valence-electron chi connectivity index (χ4n) is 2.07. The Hall–Kier alpha value is -2.10. The van der Waals surface area contributed by atoms with E-state index in [0.29, 0.717) is 6.04 Å². The number of rotatable bonds is 6. The van der Waals surface area contributed by atoms with E-state index in [-0.39, 0.29) is 0 Å². The first-order valence-corrected chi connectivity index (χ1v) is 7.15. The summed E-state index contributed by atoms with van der Waals surface area (Å²) < 4.78 is 0. The van der Waals surface area contributed by atoms with E-state index in [2.05, 4.69) is 34.4 Å². The molecule has 1 aromatic carbocycles. The van der Waals surface area contributed by atoms with Crippen molar-refractivity contribution in [3.63, 3.8) is 0 Å². The fourth-order valence-corrected chi connectivity index (χ4v) is 2.07. The van der Waals surface area contributed by atoms with Gasteiger partial charge in [0.05, 0.1) is 0 Å². The third-order valence-corrected chi connectivity index (χ3v) is 3.35. The van der Waals surface area contributed by atoms with Crippen molar-refractivity contribution in [3.05, 3.63) is 36.4 Å². The summed E-state index contributed by atoms with van der Waals surface area (Å²) in [6.45, 7) is 4.36. The molecule has 0 spiro atoms. The molecule has 2 N–H and O–H groups in total. The molecule has 0 saturated heterocycles. The molecule has 4 nitrogen and oxygen atoms in total. The van der Waals surface area contributed by atoms with Gasteiger partial charge in [0.15, 0.2) is 5.82 Å². The summed E-state index contributed by atoms with van der Waals surface area (Å²) in [4.78, 5) is 9.14. The van der Waals surface area contributed by atoms with Gasteiger partial charge in [-0.1, -0.05) is 44.2 Å². The van der Waals surface area contributed by atoms with E-state index in [1.807, 2.05) is 43.4 Å². The maximum atomic E-state index is 4.63.